The van der Waals surface area contributed by atoms with Crippen molar-refractivity contribution in [1.29, 1.82) is 0 Å². The van der Waals surface area contributed by atoms with Crippen molar-refractivity contribution in [1.82, 2.24) is 10.2 Å². The molecular formula is C8H4Cl2N2S. The van der Waals surface area contributed by atoms with Gasteiger partial charge in [0.2, 0.25) is 0 Å². The van der Waals surface area contributed by atoms with Crippen LogP contribution >= 0.6 is 34.5 Å². The summed E-state index contributed by atoms with van der Waals surface area (Å²) in [5.41, 5.74) is 2.49. The first-order valence-electron chi connectivity index (χ1n) is 3.49. The summed E-state index contributed by atoms with van der Waals surface area (Å²) >= 11 is 13.3. The summed E-state index contributed by atoms with van der Waals surface area (Å²) in [6.45, 7) is 0. The van der Waals surface area contributed by atoms with Crippen molar-refractivity contribution >= 4 is 34.5 Å². The van der Waals surface area contributed by atoms with Gasteiger partial charge in [0, 0.05) is 5.56 Å². The predicted octanol–water partition coefficient (Wildman–Crippen LogP) is 3.51. The van der Waals surface area contributed by atoms with Crippen molar-refractivity contribution in [3.05, 3.63) is 33.8 Å². The molecular weight excluding hydrogens is 227 g/mol. The molecule has 66 valence electrons. The molecule has 0 bridgehead atoms. The molecule has 0 radical (unpaired) electrons. The van der Waals surface area contributed by atoms with Crippen LogP contribution in [0.2, 0.25) is 10.0 Å². The molecule has 0 aliphatic carbocycles. The van der Waals surface area contributed by atoms with E-state index in [0.717, 1.165) is 10.6 Å². The molecule has 0 aliphatic heterocycles. The van der Waals surface area contributed by atoms with Crippen LogP contribution in [0.5, 0.6) is 0 Å². The Kier molecular flexibility index (Phi) is 2.49. The van der Waals surface area contributed by atoms with Gasteiger partial charge in [-0.15, -0.1) is 10.2 Å². The zero-order chi connectivity index (χ0) is 9.26. The maximum Gasteiger partial charge on any atom is 0.149 e. The van der Waals surface area contributed by atoms with E-state index in [9.17, 15) is 0 Å². The maximum absolute atomic E-state index is 5.99. The number of aromatic nitrogens is 2. The van der Waals surface area contributed by atoms with Crippen LogP contribution in [-0.4, -0.2) is 10.2 Å². The molecule has 13 heavy (non-hydrogen) atoms. The molecule has 0 spiro atoms. The van der Waals surface area contributed by atoms with Crippen LogP contribution in [0.3, 0.4) is 0 Å². The van der Waals surface area contributed by atoms with E-state index in [2.05, 4.69) is 10.2 Å². The van der Waals surface area contributed by atoms with Crippen molar-refractivity contribution in [2.45, 2.75) is 0 Å². The monoisotopic (exact) mass is 230 g/mol. The van der Waals surface area contributed by atoms with E-state index in [1.807, 2.05) is 12.1 Å². The van der Waals surface area contributed by atoms with Gasteiger partial charge in [0.1, 0.15) is 10.5 Å². The largest absolute Gasteiger partial charge is 0.149 e. The Balaban J connectivity index is 2.59. The van der Waals surface area contributed by atoms with Gasteiger partial charge in [-0.2, -0.15) is 0 Å². The quantitative estimate of drug-likeness (QED) is 0.750. The highest BCUT2D eigenvalue weighted by molar-refractivity contribution is 7.12. The SMILES string of the molecule is Clc1cccc(-c2nncs2)c1Cl. The molecule has 2 rings (SSSR count). The maximum atomic E-state index is 5.99. The Morgan fingerprint density at radius 3 is 2.77 bits per heavy atom. The molecule has 0 N–H and O–H groups in total. The van der Waals surface area contributed by atoms with Crippen molar-refractivity contribution < 1.29 is 0 Å². The van der Waals surface area contributed by atoms with Gasteiger partial charge in [0.25, 0.3) is 0 Å². The lowest BCUT2D eigenvalue weighted by molar-refractivity contribution is 1.10. The zero-order valence-electron chi connectivity index (χ0n) is 6.37. The van der Waals surface area contributed by atoms with Gasteiger partial charge < -0.3 is 0 Å². The Morgan fingerprint density at radius 1 is 1.23 bits per heavy atom. The van der Waals surface area contributed by atoms with Gasteiger partial charge in [-0.1, -0.05) is 46.7 Å². The smallest absolute Gasteiger partial charge is 0.147 e. The number of benzene rings is 1. The third kappa shape index (κ3) is 1.68. The molecule has 1 aromatic carbocycles. The van der Waals surface area contributed by atoms with Crippen LogP contribution in [0.15, 0.2) is 23.7 Å². The second-order valence-electron chi connectivity index (χ2n) is 2.35. The molecule has 1 heterocycles. The van der Waals surface area contributed by atoms with E-state index >= 15 is 0 Å². The number of nitrogens with zero attached hydrogens (tertiary/aromatic N) is 2. The van der Waals surface area contributed by atoms with Gasteiger partial charge in [0.15, 0.2) is 0 Å². The number of hydrogen-bond donors (Lipinski definition) is 0. The Morgan fingerprint density at radius 2 is 2.08 bits per heavy atom. The summed E-state index contributed by atoms with van der Waals surface area (Å²) in [4.78, 5) is 0. The summed E-state index contributed by atoms with van der Waals surface area (Å²) in [6, 6.07) is 5.45. The minimum Gasteiger partial charge on any atom is -0.147 e. The minimum absolute atomic E-state index is 0.529. The summed E-state index contributed by atoms with van der Waals surface area (Å²) in [6.07, 6.45) is 0. The highest BCUT2D eigenvalue weighted by Crippen LogP contribution is 2.33. The fraction of sp³-hybridized carbons (Fsp3) is 0. The van der Waals surface area contributed by atoms with E-state index in [1.54, 1.807) is 11.6 Å². The summed E-state index contributed by atoms with van der Waals surface area (Å²) in [5, 5.41) is 9.50. The Hall–Kier alpha value is -0.640. The fourth-order valence-corrected chi connectivity index (χ4v) is 1.99. The van der Waals surface area contributed by atoms with Crippen molar-refractivity contribution in [3.8, 4) is 10.6 Å². The third-order valence-electron chi connectivity index (χ3n) is 1.54. The molecule has 0 aliphatic rings. The molecule has 2 aromatic rings. The first-order chi connectivity index (χ1) is 6.29. The van der Waals surface area contributed by atoms with E-state index in [0.29, 0.717) is 10.0 Å². The van der Waals surface area contributed by atoms with Crippen LogP contribution in [0, 0.1) is 0 Å². The number of rotatable bonds is 1. The number of hydrogen-bond acceptors (Lipinski definition) is 3. The third-order valence-corrected chi connectivity index (χ3v) is 3.09. The average molecular weight is 231 g/mol. The second kappa shape index (κ2) is 3.62. The first kappa shape index (κ1) is 8.94. The highest BCUT2D eigenvalue weighted by atomic mass is 35.5. The molecule has 0 unspecified atom stereocenters. The lowest BCUT2D eigenvalue weighted by Gasteiger charge is -2.00. The molecule has 0 amide bonds. The normalized spacial score (nSPS) is 10.3. The van der Waals surface area contributed by atoms with Crippen LogP contribution in [0.25, 0.3) is 10.6 Å². The van der Waals surface area contributed by atoms with Crippen LogP contribution in [0.1, 0.15) is 0 Å². The standard InChI is InChI=1S/C8H4Cl2N2S/c9-6-3-1-2-5(7(6)10)8-12-11-4-13-8/h1-4H. The average Bonchev–Trinajstić information content (AvgIpc) is 2.62. The van der Waals surface area contributed by atoms with Crippen LogP contribution in [-0.2, 0) is 0 Å². The van der Waals surface area contributed by atoms with Crippen LogP contribution in [0.4, 0.5) is 0 Å². The molecule has 2 nitrogen and oxygen atoms in total. The van der Waals surface area contributed by atoms with E-state index in [-0.39, 0.29) is 0 Å². The Labute approximate surface area is 89.1 Å². The molecule has 0 saturated carbocycles. The van der Waals surface area contributed by atoms with E-state index in [1.165, 1.54) is 11.3 Å². The first-order valence-corrected chi connectivity index (χ1v) is 5.13. The molecule has 0 saturated heterocycles. The fourth-order valence-electron chi connectivity index (χ4n) is 0.959. The minimum atomic E-state index is 0.529. The van der Waals surface area contributed by atoms with E-state index < -0.39 is 0 Å². The second-order valence-corrected chi connectivity index (χ2v) is 3.96. The summed E-state index contributed by atoms with van der Waals surface area (Å²) < 4.78 is 0. The van der Waals surface area contributed by atoms with Crippen molar-refractivity contribution in [3.63, 3.8) is 0 Å². The van der Waals surface area contributed by atoms with E-state index in [4.69, 9.17) is 23.2 Å². The Bertz CT molecular complexity index is 414. The lowest BCUT2D eigenvalue weighted by atomic mass is 10.2. The summed E-state index contributed by atoms with van der Waals surface area (Å²) in [5.74, 6) is 0. The molecule has 5 heteroatoms. The molecule has 0 atom stereocenters. The molecule has 1 aromatic heterocycles. The molecule has 0 fully saturated rings. The highest BCUT2D eigenvalue weighted by Gasteiger charge is 2.08. The zero-order valence-corrected chi connectivity index (χ0v) is 8.70. The number of halogens is 2. The van der Waals surface area contributed by atoms with Gasteiger partial charge in [-0.3, -0.25) is 0 Å². The van der Waals surface area contributed by atoms with Gasteiger partial charge in [-0.25, -0.2) is 0 Å². The van der Waals surface area contributed by atoms with Gasteiger partial charge in [-0.05, 0) is 6.07 Å². The lowest BCUT2D eigenvalue weighted by Crippen LogP contribution is -1.79. The summed E-state index contributed by atoms with van der Waals surface area (Å²) in [7, 11) is 0. The van der Waals surface area contributed by atoms with Crippen molar-refractivity contribution in [2.75, 3.05) is 0 Å². The van der Waals surface area contributed by atoms with Gasteiger partial charge >= 0.3 is 0 Å². The van der Waals surface area contributed by atoms with Crippen LogP contribution < -0.4 is 0 Å². The van der Waals surface area contributed by atoms with Crippen molar-refractivity contribution in [2.24, 2.45) is 0 Å². The van der Waals surface area contributed by atoms with Gasteiger partial charge in [0.05, 0.1) is 10.0 Å². The topological polar surface area (TPSA) is 25.8 Å². The predicted molar refractivity (Wildman–Crippen MR) is 55.4 cm³/mol.